The summed E-state index contributed by atoms with van der Waals surface area (Å²) < 4.78 is 5.26. The summed E-state index contributed by atoms with van der Waals surface area (Å²) in [5.41, 5.74) is 0. The van der Waals surface area contributed by atoms with Gasteiger partial charge in [0.2, 0.25) is 5.91 Å². The van der Waals surface area contributed by atoms with Crippen LogP contribution < -0.4 is 5.32 Å². The fraction of sp³-hybridized carbons (Fsp3) is 0.762. The third kappa shape index (κ3) is 14.1. The van der Waals surface area contributed by atoms with E-state index in [0.717, 1.165) is 25.0 Å². The van der Waals surface area contributed by atoms with Gasteiger partial charge in [0, 0.05) is 36.3 Å². The summed E-state index contributed by atoms with van der Waals surface area (Å²) in [6.45, 7) is 10.6. The average molecular weight is 432 g/mol. The summed E-state index contributed by atoms with van der Waals surface area (Å²) in [5.74, 6) is 0.645. The molecule has 1 amide bonds. The van der Waals surface area contributed by atoms with E-state index >= 15 is 0 Å². The first-order valence-corrected chi connectivity index (χ1v) is 12.6. The molecule has 3 unspecified atom stereocenters. The second-order valence-corrected chi connectivity index (χ2v) is 9.93. The summed E-state index contributed by atoms with van der Waals surface area (Å²) in [7, 11) is 3.38. The number of rotatable bonds is 16. The molecule has 28 heavy (non-hydrogen) atoms. The van der Waals surface area contributed by atoms with E-state index in [0.29, 0.717) is 31.2 Å². The summed E-state index contributed by atoms with van der Waals surface area (Å²) in [6.07, 6.45) is 7.19. The summed E-state index contributed by atoms with van der Waals surface area (Å²) in [4.78, 5) is 35.4. The topological polar surface area (TPSA) is 72.5 Å². The Labute approximate surface area is 178 Å². The average Bonchev–Trinajstić information content (AvgIpc) is 2.66. The molecule has 1 N–H and O–H groups in total. The molecule has 0 saturated heterocycles. The second-order valence-electron chi connectivity index (χ2n) is 7.01. The van der Waals surface area contributed by atoms with Crippen LogP contribution >= 0.6 is 21.6 Å². The van der Waals surface area contributed by atoms with Gasteiger partial charge in [-0.15, -0.1) is 0 Å². The van der Waals surface area contributed by atoms with Crippen molar-refractivity contribution >= 4 is 39.2 Å². The summed E-state index contributed by atoms with van der Waals surface area (Å²) >= 11 is 0. The molecule has 0 fully saturated rings. The van der Waals surface area contributed by atoms with Crippen LogP contribution in [0, 0.1) is 11.8 Å². The molecule has 0 spiro atoms. The van der Waals surface area contributed by atoms with Gasteiger partial charge in [-0.05, 0) is 19.8 Å². The highest BCUT2D eigenvalue weighted by molar-refractivity contribution is 8.76. The summed E-state index contributed by atoms with van der Waals surface area (Å²) in [6, 6.07) is 0. The Kier molecular flexibility index (Phi) is 16.4. The minimum absolute atomic E-state index is 0.0113. The predicted octanol–water partition coefficient (Wildman–Crippen LogP) is 4.80. The van der Waals surface area contributed by atoms with Crippen molar-refractivity contribution in [3.05, 3.63) is 12.2 Å². The SMILES string of the molecule is CC=CC(C)C(=O)CCNC(=O)CCC(C)SSCCOC(=O)C(C)CCC. The van der Waals surface area contributed by atoms with Crippen LogP contribution in [0.25, 0.3) is 0 Å². The fourth-order valence-electron chi connectivity index (χ4n) is 2.45. The standard InChI is InChI=1S/C21H37NO4S2/c1-6-8-16(3)19(23)12-13-22-20(24)11-10-18(5)28-27-15-14-26-21(25)17(4)9-7-2/h6,8,16-18H,7,9-15H2,1-5H3,(H,22,24). The first kappa shape index (κ1) is 27.0. The van der Waals surface area contributed by atoms with E-state index in [1.807, 2.05) is 32.9 Å². The number of carbonyl (C=O) groups excluding carboxylic acids is 3. The van der Waals surface area contributed by atoms with Crippen LogP contribution in [0.15, 0.2) is 12.2 Å². The minimum Gasteiger partial charge on any atom is -0.465 e. The Morgan fingerprint density at radius 2 is 1.82 bits per heavy atom. The Bertz CT molecular complexity index is 497. The van der Waals surface area contributed by atoms with Crippen molar-refractivity contribution in [3.8, 4) is 0 Å². The minimum atomic E-state index is -0.115. The quantitative estimate of drug-likeness (QED) is 0.164. The highest BCUT2D eigenvalue weighted by Gasteiger charge is 2.13. The van der Waals surface area contributed by atoms with Gasteiger partial charge >= 0.3 is 5.97 Å². The molecule has 0 heterocycles. The lowest BCUT2D eigenvalue weighted by molar-refractivity contribution is -0.147. The lowest BCUT2D eigenvalue weighted by atomic mass is 10.0. The Balaban J connectivity index is 3.72. The molecule has 0 saturated carbocycles. The Morgan fingerprint density at radius 3 is 2.46 bits per heavy atom. The molecule has 0 aliphatic carbocycles. The maximum Gasteiger partial charge on any atom is 0.308 e. The number of Topliss-reactive ketones (excluding diaryl/α,β-unsaturated/α-hetero) is 1. The molecule has 0 aromatic carbocycles. The Hall–Kier alpha value is -0.950. The van der Waals surface area contributed by atoms with Crippen molar-refractivity contribution in [3.63, 3.8) is 0 Å². The number of allylic oxidation sites excluding steroid dienone is 2. The molecule has 0 bridgehead atoms. The zero-order valence-corrected chi connectivity index (χ0v) is 19.6. The van der Waals surface area contributed by atoms with E-state index in [2.05, 4.69) is 19.2 Å². The third-order valence-electron chi connectivity index (χ3n) is 4.23. The first-order valence-electron chi connectivity index (χ1n) is 10.2. The van der Waals surface area contributed by atoms with Crippen molar-refractivity contribution in [2.45, 2.75) is 72.0 Å². The van der Waals surface area contributed by atoms with Crippen LogP contribution in [0.4, 0.5) is 0 Å². The number of ether oxygens (including phenoxy) is 1. The molecular formula is C21H37NO4S2. The number of hydrogen-bond donors (Lipinski definition) is 1. The molecule has 0 aliphatic heterocycles. The highest BCUT2D eigenvalue weighted by atomic mass is 33.1. The molecule has 162 valence electrons. The number of amides is 1. The van der Waals surface area contributed by atoms with Gasteiger partial charge in [0.25, 0.3) is 0 Å². The van der Waals surface area contributed by atoms with Crippen molar-refractivity contribution in [1.29, 1.82) is 0 Å². The lowest BCUT2D eigenvalue weighted by Crippen LogP contribution is -2.27. The van der Waals surface area contributed by atoms with E-state index in [1.165, 1.54) is 0 Å². The van der Waals surface area contributed by atoms with Crippen LogP contribution in [0.1, 0.15) is 66.7 Å². The van der Waals surface area contributed by atoms with Gasteiger partial charge in [-0.1, -0.05) is 67.9 Å². The number of ketones is 1. The molecule has 0 rings (SSSR count). The number of carbonyl (C=O) groups is 3. The lowest BCUT2D eigenvalue weighted by Gasteiger charge is -2.12. The van der Waals surface area contributed by atoms with Crippen LogP contribution in [0.2, 0.25) is 0 Å². The fourth-order valence-corrected chi connectivity index (χ4v) is 4.63. The predicted molar refractivity (Wildman–Crippen MR) is 120 cm³/mol. The smallest absolute Gasteiger partial charge is 0.308 e. The zero-order valence-electron chi connectivity index (χ0n) is 18.0. The number of nitrogens with one attached hydrogen (secondary N) is 1. The van der Waals surface area contributed by atoms with Crippen LogP contribution in [0.3, 0.4) is 0 Å². The third-order valence-corrected chi connectivity index (χ3v) is 7.16. The van der Waals surface area contributed by atoms with E-state index in [4.69, 9.17) is 4.74 Å². The van der Waals surface area contributed by atoms with Gasteiger partial charge < -0.3 is 10.1 Å². The first-order chi connectivity index (χ1) is 13.3. The van der Waals surface area contributed by atoms with Crippen molar-refractivity contribution in [1.82, 2.24) is 5.32 Å². The van der Waals surface area contributed by atoms with E-state index in [9.17, 15) is 14.4 Å². The molecule has 3 atom stereocenters. The van der Waals surface area contributed by atoms with Crippen LogP contribution in [-0.4, -0.2) is 41.8 Å². The Morgan fingerprint density at radius 1 is 1.11 bits per heavy atom. The zero-order chi connectivity index (χ0) is 21.4. The van der Waals surface area contributed by atoms with Gasteiger partial charge in [0.05, 0.1) is 5.92 Å². The molecule has 7 heteroatoms. The van der Waals surface area contributed by atoms with Gasteiger partial charge in [0.1, 0.15) is 12.4 Å². The van der Waals surface area contributed by atoms with Gasteiger partial charge in [-0.3, -0.25) is 14.4 Å². The number of hydrogen-bond acceptors (Lipinski definition) is 6. The monoisotopic (exact) mass is 431 g/mol. The van der Waals surface area contributed by atoms with E-state index in [-0.39, 0.29) is 29.5 Å². The van der Waals surface area contributed by atoms with Crippen molar-refractivity contribution < 1.29 is 19.1 Å². The largest absolute Gasteiger partial charge is 0.465 e. The number of esters is 1. The van der Waals surface area contributed by atoms with Gasteiger partial charge in [0.15, 0.2) is 0 Å². The van der Waals surface area contributed by atoms with Crippen molar-refractivity contribution in [2.24, 2.45) is 11.8 Å². The van der Waals surface area contributed by atoms with E-state index in [1.54, 1.807) is 21.6 Å². The van der Waals surface area contributed by atoms with Crippen molar-refractivity contribution in [2.75, 3.05) is 18.9 Å². The molecular weight excluding hydrogens is 394 g/mol. The summed E-state index contributed by atoms with van der Waals surface area (Å²) in [5, 5.41) is 3.15. The molecule has 0 aromatic rings. The van der Waals surface area contributed by atoms with Crippen LogP contribution in [0.5, 0.6) is 0 Å². The molecule has 5 nitrogen and oxygen atoms in total. The molecule has 0 aromatic heterocycles. The normalized spacial score (nSPS) is 14.5. The van der Waals surface area contributed by atoms with Gasteiger partial charge in [-0.25, -0.2) is 0 Å². The molecule has 0 aliphatic rings. The maximum absolute atomic E-state index is 11.9. The highest BCUT2D eigenvalue weighted by Crippen LogP contribution is 2.29. The molecule has 0 radical (unpaired) electrons. The second kappa shape index (κ2) is 17.0. The van der Waals surface area contributed by atoms with E-state index < -0.39 is 0 Å². The van der Waals surface area contributed by atoms with Crippen LogP contribution in [-0.2, 0) is 19.1 Å². The maximum atomic E-state index is 11.9. The van der Waals surface area contributed by atoms with Gasteiger partial charge in [-0.2, -0.15) is 0 Å².